The van der Waals surface area contributed by atoms with Gasteiger partial charge in [0.2, 0.25) is 0 Å². The largest absolute Gasteiger partial charge is 0.465 e. The number of ether oxygens (including phenoxy) is 1. The molecule has 0 unspecified atom stereocenters. The van der Waals surface area contributed by atoms with E-state index in [1.54, 1.807) is 13.0 Å². The van der Waals surface area contributed by atoms with Gasteiger partial charge in [0.1, 0.15) is 11.7 Å². The molecule has 0 saturated heterocycles. The molecule has 0 spiro atoms. The SMILES string of the molecule is C=CC[C@@H](C(=O)CCC)C(=O)OCC. The molecule has 0 N–H and O–H groups in total. The standard InChI is InChI=1S/C11H18O3/c1-4-7-9(10(12)8-5-2)11(13)14-6-3/h4,9H,1,5-8H2,2-3H3/t9-/m0/s1. The van der Waals surface area contributed by atoms with Crippen molar-refractivity contribution in [2.75, 3.05) is 6.61 Å². The fraction of sp³-hybridized carbons (Fsp3) is 0.636. The lowest BCUT2D eigenvalue weighted by atomic mass is 9.97. The van der Waals surface area contributed by atoms with Crippen LogP contribution in [0.5, 0.6) is 0 Å². The zero-order chi connectivity index (χ0) is 11.0. The maximum atomic E-state index is 11.5. The molecule has 0 bridgehead atoms. The summed E-state index contributed by atoms with van der Waals surface area (Å²) in [6, 6.07) is 0. The summed E-state index contributed by atoms with van der Waals surface area (Å²) in [6.07, 6.45) is 3.13. The van der Waals surface area contributed by atoms with Gasteiger partial charge in [0.05, 0.1) is 6.61 Å². The van der Waals surface area contributed by atoms with Crippen LogP contribution in [0.15, 0.2) is 12.7 Å². The number of rotatable bonds is 7. The van der Waals surface area contributed by atoms with Crippen molar-refractivity contribution in [1.29, 1.82) is 0 Å². The van der Waals surface area contributed by atoms with Gasteiger partial charge in [-0.25, -0.2) is 0 Å². The normalized spacial score (nSPS) is 11.9. The Kier molecular flexibility index (Phi) is 6.72. The van der Waals surface area contributed by atoms with Crippen LogP contribution in [0, 0.1) is 5.92 Å². The van der Waals surface area contributed by atoms with Crippen LogP contribution in [-0.2, 0) is 14.3 Å². The molecule has 0 aromatic carbocycles. The zero-order valence-corrected chi connectivity index (χ0v) is 8.91. The third-order valence-electron chi connectivity index (χ3n) is 1.86. The van der Waals surface area contributed by atoms with Gasteiger partial charge in [0.25, 0.3) is 0 Å². The molecule has 3 nitrogen and oxygen atoms in total. The van der Waals surface area contributed by atoms with Gasteiger partial charge in [-0.2, -0.15) is 0 Å². The summed E-state index contributed by atoms with van der Waals surface area (Å²) in [5.74, 6) is -1.12. The average molecular weight is 198 g/mol. The molecule has 1 atom stereocenters. The van der Waals surface area contributed by atoms with E-state index in [4.69, 9.17) is 4.74 Å². The Morgan fingerprint density at radius 1 is 1.43 bits per heavy atom. The van der Waals surface area contributed by atoms with Gasteiger partial charge in [-0.15, -0.1) is 6.58 Å². The fourth-order valence-electron chi connectivity index (χ4n) is 1.19. The van der Waals surface area contributed by atoms with Crippen molar-refractivity contribution in [3.63, 3.8) is 0 Å². The maximum absolute atomic E-state index is 11.5. The number of carbonyl (C=O) groups excluding carboxylic acids is 2. The summed E-state index contributed by atoms with van der Waals surface area (Å²) < 4.78 is 4.82. The van der Waals surface area contributed by atoms with Gasteiger partial charge in [0.15, 0.2) is 0 Å². The van der Waals surface area contributed by atoms with Gasteiger partial charge >= 0.3 is 5.97 Å². The van der Waals surface area contributed by atoms with Gasteiger partial charge in [-0.3, -0.25) is 9.59 Å². The van der Waals surface area contributed by atoms with Crippen molar-refractivity contribution in [1.82, 2.24) is 0 Å². The highest BCUT2D eigenvalue weighted by molar-refractivity contribution is 5.99. The lowest BCUT2D eigenvalue weighted by Gasteiger charge is -2.11. The Bertz CT molecular complexity index is 191. The average Bonchev–Trinajstić information content (AvgIpc) is 2.14. The van der Waals surface area contributed by atoms with E-state index in [0.717, 1.165) is 6.42 Å². The first-order valence-corrected chi connectivity index (χ1v) is 4.97. The molecule has 0 aliphatic rings. The summed E-state index contributed by atoms with van der Waals surface area (Å²) in [5, 5.41) is 0. The number of hydrogen-bond acceptors (Lipinski definition) is 3. The minimum Gasteiger partial charge on any atom is -0.465 e. The molecule has 0 heterocycles. The highest BCUT2D eigenvalue weighted by atomic mass is 16.5. The Hall–Kier alpha value is -1.12. The molecular weight excluding hydrogens is 180 g/mol. The Balaban J connectivity index is 4.33. The van der Waals surface area contributed by atoms with Crippen molar-refractivity contribution < 1.29 is 14.3 Å². The molecule has 14 heavy (non-hydrogen) atoms. The molecule has 0 aromatic rings. The van der Waals surface area contributed by atoms with Crippen LogP contribution in [-0.4, -0.2) is 18.4 Å². The third-order valence-corrected chi connectivity index (χ3v) is 1.86. The van der Waals surface area contributed by atoms with Crippen LogP contribution in [0.1, 0.15) is 33.1 Å². The van der Waals surface area contributed by atoms with E-state index in [-0.39, 0.29) is 5.78 Å². The van der Waals surface area contributed by atoms with Crippen LogP contribution in [0.3, 0.4) is 0 Å². The molecule has 0 aliphatic heterocycles. The van der Waals surface area contributed by atoms with Crippen LogP contribution < -0.4 is 0 Å². The predicted octanol–water partition coefficient (Wildman–Crippen LogP) is 2.11. The third kappa shape index (κ3) is 4.21. The number of ketones is 1. The molecule has 0 rings (SSSR count). The Labute approximate surface area is 85.1 Å². The topological polar surface area (TPSA) is 43.4 Å². The quantitative estimate of drug-likeness (QED) is 0.357. The van der Waals surface area contributed by atoms with E-state index in [2.05, 4.69) is 6.58 Å². The predicted molar refractivity (Wildman–Crippen MR) is 54.9 cm³/mol. The van der Waals surface area contributed by atoms with Crippen molar-refractivity contribution in [3.05, 3.63) is 12.7 Å². The number of hydrogen-bond donors (Lipinski definition) is 0. The molecular formula is C11H18O3. The van der Waals surface area contributed by atoms with Crippen molar-refractivity contribution in [2.45, 2.75) is 33.1 Å². The Morgan fingerprint density at radius 3 is 2.50 bits per heavy atom. The van der Waals surface area contributed by atoms with Gasteiger partial charge < -0.3 is 4.74 Å². The van der Waals surface area contributed by atoms with Crippen LogP contribution >= 0.6 is 0 Å². The van der Waals surface area contributed by atoms with Crippen LogP contribution in [0.2, 0.25) is 0 Å². The lowest BCUT2D eigenvalue weighted by Crippen LogP contribution is -2.25. The number of allylic oxidation sites excluding steroid dienone is 1. The first-order chi connectivity index (χ1) is 6.67. The van der Waals surface area contributed by atoms with Crippen LogP contribution in [0.4, 0.5) is 0 Å². The maximum Gasteiger partial charge on any atom is 0.316 e. The van der Waals surface area contributed by atoms with Gasteiger partial charge in [0, 0.05) is 6.42 Å². The smallest absolute Gasteiger partial charge is 0.316 e. The molecule has 0 radical (unpaired) electrons. The molecule has 0 aliphatic carbocycles. The van der Waals surface area contributed by atoms with E-state index in [9.17, 15) is 9.59 Å². The highest BCUT2D eigenvalue weighted by Gasteiger charge is 2.25. The van der Waals surface area contributed by atoms with Crippen molar-refractivity contribution in [2.24, 2.45) is 5.92 Å². The van der Waals surface area contributed by atoms with E-state index in [0.29, 0.717) is 19.4 Å². The molecule has 80 valence electrons. The van der Waals surface area contributed by atoms with E-state index < -0.39 is 11.9 Å². The second-order valence-corrected chi connectivity index (χ2v) is 3.05. The zero-order valence-electron chi connectivity index (χ0n) is 8.91. The molecule has 3 heteroatoms. The van der Waals surface area contributed by atoms with Crippen molar-refractivity contribution >= 4 is 11.8 Å². The van der Waals surface area contributed by atoms with E-state index in [1.165, 1.54) is 0 Å². The number of esters is 1. The summed E-state index contributed by atoms with van der Waals surface area (Å²) in [6.45, 7) is 7.48. The minimum absolute atomic E-state index is 0.0501. The lowest BCUT2D eigenvalue weighted by molar-refractivity contribution is -0.151. The number of Topliss-reactive ketones (excluding diaryl/α,β-unsaturated/α-hetero) is 1. The van der Waals surface area contributed by atoms with E-state index >= 15 is 0 Å². The molecule has 0 aromatic heterocycles. The van der Waals surface area contributed by atoms with E-state index in [1.807, 2.05) is 6.92 Å². The Morgan fingerprint density at radius 2 is 2.07 bits per heavy atom. The molecule has 0 amide bonds. The fourth-order valence-corrected chi connectivity index (χ4v) is 1.19. The van der Waals surface area contributed by atoms with Gasteiger partial charge in [-0.1, -0.05) is 13.0 Å². The molecule has 0 fully saturated rings. The highest BCUT2D eigenvalue weighted by Crippen LogP contribution is 2.11. The first kappa shape index (κ1) is 12.9. The summed E-state index contributed by atoms with van der Waals surface area (Å²) >= 11 is 0. The minimum atomic E-state index is -0.646. The summed E-state index contributed by atoms with van der Waals surface area (Å²) in [7, 11) is 0. The van der Waals surface area contributed by atoms with Gasteiger partial charge in [-0.05, 0) is 19.8 Å². The monoisotopic (exact) mass is 198 g/mol. The second-order valence-electron chi connectivity index (χ2n) is 3.05. The first-order valence-electron chi connectivity index (χ1n) is 4.97. The number of carbonyl (C=O) groups is 2. The van der Waals surface area contributed by atoms with Crippen LogP contribution in [0.25, 0.3) is 0 Å². The van der Waals surface area contributed by atoms with Crippen molar-refractivity contribution in [3.8, 4) is 0 Å². The molecule has 0 saturated carbocycles. The summed E-state index contributed by atoms with van der Waals surface area (Å²) in [4.78, 5) is 22.9. The summed E-state index contributed by atoms with van der Waals surface area (Å²) in [5.41, 5.74) is 0. The second kappa shape index (κ2) is 7.30.